The van der Waals surface area contributed by atoms with Gasteiger partial charge in [-0.05, 0) is 36.8 Å². The molecule has 0 spiro atoms. The second-order valence-corrected chi connectivity index (χ2v) is 5.61. The maximum absolute atomic E-state index is 5.70. The summed E-state index contributed by atoms with van der Waals surface area (Å²) in [5, 5.41) is 4.24. The van der Waals surface area contributed by atoms with E-state index in [1.54, 1.807) is 11.3 Å². The molecule has 0 saturated carbocycles. The normalized spacial score (nSPS) is 10.7. The van der Waals surface area contributed by atoms with Crippen LogP contribution in [0.1, 0.15) is 5.56 Å². The molecule has 0 radical (unpaired) electrons. The standard InChI is InChI=1S/C16H16N2OS/c1-12-5-4-6-13(11-12)19-10-9-17-16-18-14-7-2-3-8-15(14)20-16/h2-8,11H,9-10H2,1H3,(H,17,18). The van der Waals surface area contributed by atoms with Crippen LogP contribution in [0.2, 0.25) is 0 Å². The summed E-state index contributed by atoms with van der Waals surface area (Å²) >= 11 is 1.67. The molecule has 1 aromatic heterocycles. The van der Waals surface area contributed by atoms with Crippen LogP contribution in [0.5, 0.6) is 5.75 Å². The molecule has 4 heteroatoms. The van der Waals surface area contributed by atoms with E-state index in [0.717, 1.165) is 22.9 Å². The third kappa shape index (κ3) is 3.08. The summed E-state index contributed by atoms with van der Waals surface area (Å²) in [6, 6.07) is 16.2. The van der Waals surface area contributed by atoms with Crippen molar-refractivity contribution in [3.63, 3.8) is 0 Å². The number of ether oxygens (including phenoxy) is 1. The van der Waals surface area contributed by atoms with Crippen LogP contribution in [-0.4, -0.2) is 18.1 Å². The molecule has 0 aliphatic carbocycles. The van der Waals surface area contributed by atoms with Crippen molar-refractivity contribution in [3.8, 4) is 5.75 Å². The van der Waals surface area contributed by atoms with Crippen LogP contribution < -0.4 is 10.1 Å². The number of nitrogens with one attached hydrogen (secondary N) is 1. The topological polar surface area (TPSA) is 34.1 Å². The zero-order chi connectivity index (χ0) is 13.8. The van der Waals surface area contributed by atoms with Crippen molar-refractivity contribution in [2.75, 3.05) is 18.5 Å². The van der Waals surface area contributed by atoms with Crippen molar-refractivity contribution in [1.29, 1.82) is 0 Å². The van der Waals surface area contributed by atoms with E-state index in [1.165, 1.54) is 10.3 Å². The molecule has 0 amide bonds. The Labute approximate surface area is 122 Å². The Bertz CT molecular complexity index is 675. The lowest BCUT2D eigenvalue weighted by Crippen LogP contribution is -2.11. The number of hydrogen-bond acceptors (Lipinski definition) is 4. The van der Waals surface area contributed by atoms with Crippen LogP contribution in [0.3, 0.4) is 0 Å². The van der Waals surface area contributed by atoms with Crippen LogP contribution >= 0.6 is 11.3 Å². The predicted octanol–water partition coefficient (Wildman–Crippen LogP) is 4.10. The first kappa shape index (κ1) is 12.9. The van der Waals surface area contributed by atoms with E-state index >= 15 is 0 Å². The van der Waals surface area contributed by atoms with Crippen LogP contribution in [-0.2, 0) is 0 Å². The Morgan fingerprint density at radius 3 is 2.90 bits per heavy atom. The van der Waals surface area contributed by atoms with Crippen molar-refractivity contribution in [3.05, 3.63) is 54.1 Å². The Morgan fingerprint density at radius 2 is 2.05 bits per heavy atom. The SMILES string of the molecule is Cc1cccc(OCCNc2nc3ccccc3s2)c1. The second-order valence-electron chi connectivity index (χ2n) is 4.58. The van der Waals surface area contributed by atoms with Gasteiger partial charge in [0.15, 0.2) is 5.13 Å². The predicted molar refractivity (Wildman–Crippen MR) is 84.8 cm³/mol. The molecule has 1 heterocycles. The molecule has 0 aliphatic rings. The van der Waals surface area contributed by atoms with Gasteiger partial charge < -0.3 is 10.1 Å². The molecule has 3 rings (SSSR count). The van der Waals surface area contributed by atoms with Gasteiger partial charge in [-0.25, -0.2) is 4.98 Å². The number of anilines is 1. The average molecular weight is 284 g/mol. The van der Waals surface area contributed by atoms with Gasteiger partial charge in [-0.15, -0.1) is 0 Å². The van der Waals surface area contributed by atoms with E-state index in [2.05, 4.69) is 29.4 Å². The highest BCUT2D eigenvalue weighted by atomic mass is 32.1. The van der Waals surface area contributed by atoms with E-state index in [1.807, 2.05) is 36.4 Å². The van der Waals surface area contributed by atoms with Crippen molar-refractivity contribution >= 4 is 26.7 Å². The molecular formula is C16H16N2OS. The molecule has 0 unspecified atom stereocenters. The summed E-state index contributed by atoms with van der Waals surface area (Å²) in [4.78, 5) is 4.52. The average Bonchev–Trinajstić information content (AvgIpc) is 2.86. The van der Waals surface area contributed by atoms with Crippen LogP contribution in [0.15, 0.2) is 48.5 Å². The monoisotopic (exact) mass is 284 g/mol. The summed E-state index contributed by atoms with van der Waals surface area (Å²) in [6.07, 6.45) is 0. The summed E-state index contributed by atoms with van der Waals surface area (Å²) in [7, 11) is 0. The zero-order valence-corrected chi connectivity index (χ0v) is 12.1. The van der Waals surface area contributed by atoms with Gasteiger partial charge in [-0.1, -0.05) is 35.6 Å². The first-order valence-electron chi connectivity index (χ1n) is 6.60. The molecule has 0 fully saturated rings. The van der Waals surface area contributed by atoms with Crippen molar-refractivity contribution in [2.24, 2.45) is 0 Å². The van der Waals surface area contributed by atoms with Crippen LogP contribution in [0.4, 0.5) is 5.13 Å². The third-order valence-corrected chi connectivity index (χ3v) is 3.92. The summed E-state index contributed by atoms with van der Waals surface area (Å²) in [5.74, 6) is 0.913. The summed E-state index contributed by atoms with van der Waals surface area (Å²) < 4.78 is 6.90. The lowest BCUT2D eigenvalue weighted by Gasteiger charge is -2.07. The first-order valence-corrected chi connectivity index (χ1v) is 7.42. The molecule has 1 N–H and O–H groups in total. The van der Waals surface area contributed by atoms with Crippen LogP contribution in [0, 0.1) is 6.92 Å². The number of nitrogens with zero attached hydrogens (tertiary/aromatic N) is 1. The number of rotatable bonds is 5. The van der Waals surface area contributed by atoms with Gasteiger partial charge in [0, 0.05) is 0 Å². The van der Waals surface area contributed by atoms with Crippen molar-refractivity contribution in [1.82, 2.24) is 4.98 Å². The highest BCUT2D eigenvalue weighted by Crippen LogP contribution is 2.25. The fourth-order valence-corrected chi connectivity index (χ4v) is 2.87. The minimum atomic E-state index is 0.624. The zero-order valence-electron chi connectivity index (χ0n) is 11.3. The molecule has 3 nitrogen and oxygen atoms in total. The van der Waals surface area contributed by atoms with Gasteiger partial charge in [0.2, 0.25) is 0 Å². The second kappa shape index (κ2) is 5.92. The molecule has 102 valence electrons. The minimum absolute atomic E-state index is 0.624. The number of aromatic nitrogens is 1. The lowest BCUT2D eigenvalue weighted by atomic mass is 10.2. The van der Waals surface area contributed by atoms with E-state index in [4.69, 9.17) is 4.74 Å². The van der Waals surface area contributed by atoms with Gasteiger partial charge in [-0.2, -0.15) is 0 Å². The highest BCUT2D eigenvalue weighted by molar-refractivity contribution is 7.22. The number of fused-ring (bicyclic) bond motifs is 1. The third-order valence-electron chi connectivity index (χ3n) is 2.93. The molecule has 20 heavy (non-hydrogen) atoms. The van der Waals surface area contributed by atoms with Crippen molar-refractivity contribution in [2.45, 2.75) is 6.92 Å². The van der Waals surface area contributed by atoms with Crippen LogP contribution in [0.25, 0.3) is 10.2 Å². The molecule has 0 atom stereocenters. The molecular weight excluding hydrogens is 268 g/mol. The fourth-order valence-electron chi connectivity index (χ4n) is 1.98. The largest absolute Gasteiger partial charge is 0.492 e. The molecule has 0 aliphatic heterocycles. The van der Waals surface area contributed by atoms with Gasteiger partial charge in [0.1, 0.15) is 12.4 Å². The molecule has 3 aromatic rings. The maximum Gasteiger partial charge on any atom is 0.183 e. The van der Waals surface area contributed by atoms with Gasteiger partial charge in [0.25, 0.3) is 0 Å². The molecule has 2 aromatic carbocycles. The maximum atomic E-state index is 5.70. The quantitative estimate of drug-likeness (QED) is 0.716. The summed E-state index contributed by atoms with van der Waals surface area (Å²) in [5.41, 5.74) is 2.25. The lowest BCUT2D eigenvalue weighted by molar-refractivity contribution is 0.332. The van der Waals surface area contributed by atoms with Crippen molar-refractivity contribution < 1.29 is 4.74 Å². The Morgan fingerprint density at radius 1 is 1.15 bits per heavy atom. The number of aryl methyl sites for hydroxylation is 1. The van der Waals surface area contributed by atoms with Gasteiger partial charge in [0.05, 0.1) is 16.8 Å². The number of benzene rings is 2. The fraction of sp³-hybridized carbons (Fsp3) is 0.188. The highest BCUT2D eigenvalue weighted by Gasteiger charge is 2.01. The minimum Gasteiger partial charge on any atom is -0.492 e. The Balaban J connectivity index is 1.52. The number of hydrogen-bond donors (Lipinski definition) is 1. The van der Waals surface area contributed by atoms with Gasteiger partial charge >= 0.3 is 0 Å². The number of para-hydroxylation sites is 1. The Kier molecular flexibility index (Phi) is 3.83. The smallest absolute Gasteiger partial charge is 0.183 e. The molecule has 0 saturated heterocycles. The Hall–Kier alpha value is -2.07. The van der Waals surface area contributed by atoms with E-state index in [-0.39, 0.29) is 0 Å². The molecule has 0 bridgehead atoms. The van der Waals surface area contributed by atoms with E-state index in [0.29, 0.717) is 6.61 Å². The van der Waals surface area contributed by atoms with E-state index < -0.39 is 0 Å². The number of thiazole rings is 1. The van der Waals surface area contributed by atoms with Gasteiger partial charge in [-0.3, -0.25) is 0 Å². The first-order chi connectivity index (χ1) is 9.81. The summed E-state index contributed by atoms with van der Waals surface area (Å²) in [6.45, 7) is 3.43. The van der Waals surface area contributed by atoms with E-state index in [9.17, 15) is 0 Å².